The zero-order valence-corrected chi connectivity index (χ0v) is 11.1. The lowest BCUT2D eigenvalue weighted by molar-refractivity contribution is 0.321. The van der Waals surface area contributed by atoms with Crippen LogP contribution in [0.3, 0.4) is 0 Å². The van der Waals surface area contributed by atoms with Gasteiger partial charge in [-0.3, -0.25) is 4.99 Å². The number of ether oxygens (including phenoxy) is 1. The first-order chi connectivity index (χ1) is 9.40. The van der Waals surface area contributed by atoms with Crippen LogP contribution in [0.25, 0.3) is 10.8 Å². The van der Waals surface area contributed by atoms with Gasteiger partial charge in [0.15, 0.2) is 0 Å². The minimum atomic E-state index is 0.753. The predicted octanol–water partition coefficient (Wildman–Crippen LogP) is 2.98. The van der Waals surface area contributed by atoms with E-state index in [1.165, 1.54) is 5.39 Å². The second kappa shape index (κ2) is 5.31. The molecule has 2 aromatic carbocycles. The molecule has 1 aliphatic heterocycles. The molecule has 0 bridgehead atoms. The fourth-order valence-corrected chi connectivity index (χ4v) is 2.39. The summed E-state index contributed by atoms with van der Waals surface area (Å²) in [5, 5.41) is 5.69. The molecule has 0 saturated heterocycles. The molecule has 3 heteroatoms. The highest BCUT2D eigenvalue weighted by molar-refractivity contribution is 6.11. The van der Waals surface area contributed by atoms with Gasteiger partial charge in [0.1, 0.15) is 11.6 Å². The zero-order valence-electron chi connectivity index (χ0n) is 11.1. The van der Waals surface area contributed by atoms with Gasteiger partial charge in [-0.05, 0) is 23.9 Å². The number of nitrogens with one attached hydrogen (secondary N) is 1. The molecule has 98 valence electrons. The Labute approximate surface area is 113 Å². The van der Waals surface area contributed by atoms with E-state index in [-0.39, 0.29) is 0 Å². The third-order valence-corrected chi connectivity index (χ3v) is 3.28. The molecule has 19 heavy (non-hydrogen) atoms. The van der Waals surface area contributed by atoms with Crippen molar-refractivity contribution in [2.45, 2.75) is 13.3 Å². The van der Waals surface area contributed by atoms with E-state index in [1.54, 1.807) is 0 Å². The highest BCUT2D eigenvalue weighted by Gasteiger charge is 2.13. The summed E-state index contributed by atoms with van der Waals surface area (Å²) in [5.74, 6) is 1.96. The molecular formula is C16H18N2O. The predicted molar refractivity (Wildman–Crippen MR) is 79.1 cm³/mol. The van der Waals surface area contributed by atoms with Crippen molar-refractivity contribution in [3.8, 4) is 5.75 Å². The maximum Gasteiger partial charge on any atom is 0.129 e. The van der Waals surface area contributed by atoms with Crippen molar-refractivity contribution in [3.05, 3.63) is 42.0 Å². The van der Waals surface area contributed by atoms with Gasteiger partial charge in [-0.1, -0.05) is 31.2 Å². The van der Waals surface area contributed by atoms with Gasteiger partial charge in [-0.2, -0.15) is 0 Å². The van der Waals surface area contributed by atoms with Crippen molar-refractivity contribution in [2.75, 3.05) is 19.7 Å². The SMILES string of the molecule is CCCOc1ccc(C2=NCCN2)c2ccccc12. The Morgan fingerprint density at radius 1 is 1.16 bits per heavy atom. The summed E-state index contributed by atoms with van der Waals surface area (Å²) >= 11 is 0. The van der Waals surface area contributed by atoms with Gasteiger partial charge >= 0.3 is 0 Å². The van der Waals surface area contributed by atoms with Gasteiger partial charge < -0.3 is 10.1 Å². The molecule has 1 N–H and O–H groups in total. The van der Waals surface area contributed by atoms with Gasteiger partial charge in [-0.15, -0.1) is 0 Å². The average molecular weight is 254 g/mol. The fourth-order valence-electron chi connectivity index (χ4n) is 2.39. The van der Waals surface area contributed by atoms with Crippen molar-refractivity contribution < 1.29 is 4.74 Å². The van der Waals surface area contributed by atoms with Crippen molar-refractivity contribution in [2.24, 2.45) is 4.99 Å². The number of fused-ring (bicyclic) bond motifs is 1. The van der Waals surface area contributed by atoms with Gasteiger partial charge in [0, 0.05) is 17.5 Å². The summed E-state index contributed by atoms with van der Waals surface area (Å²) in [6.45, 7) is 4.66. The number of hydrogen-bond acceptors (Lipinski definition) is 3. The van der Waals surface area contributed by atoms with E-state index in [0.29, 0.717) is 0 Å². The second-order valence-corrected chi connectivity index (χ2v) is 4.66. The molecule has 3 nitrogen and oxygen atoms in total. The molecule has 0 unspecified atom stereocenters. The smallest absolute Gasteiger partial charge is 0.129 e. The van der Waals surface area contributed by atoms with Crippen molar-refractivity contribution in [1.82, 2.24) is 5.32 Å². The molecule has 0 fully saturated rings. The average Bonchev–Trinajstić information content (AvgIpc) is 2.98. The molecular weight excluding hydrogens is 236 g/mol. The first-order valence-electron chi connectivity index (χ1n) is 6.83. The Kier molecular flexibility index (Phi) is 3.36. The fraction of sp³-hybridized carbons (Fsp3) is 0.312. The summed E-state index contributed by atoms with van der Waals surface area (Å²) in [6, 6.07) is 12.5. The number of aliphatic imine (C=N–C) groups is 1. The molecule has 0 atom stereocenters. The van der Waals surface area contributed by atoms with Crippen LogP contribution in [0.15, 0.2) is 41.4 Å². The Morgan fingerprint density at radius 3 is 2.74 bits per heavy atom. The number of benzene rings is 2. The third kappa shape index (κ3) is 2.28. The Morgan fingerprint density at radius 2 is 2.00 bits per heavy atom. The molecule has 0 radical (unpaired) electrons. The molecule has 0 saturated carbocycles. The Hall–Kier alpha value is -2.03. The van der Waals surface area contributed by atoms with Crippen LogP contribution < -0.4 is 10.1 Å². The summed E-state index contributed by atoms with van der Waals surface area (Å²) in [5.41, 5.74) is 1.16. The van der Waals surface area contributed by atoms with Gasteiger partial charge in [0.25, 0.3) is 0 Å². The minimum Gasteiger partial charge on any atom is -0.493 e. The van der Waals surface area contributed by atoms with Crippen LogP contribution in [0.1, 0.15) is 18.9 Å². The number of amidine groups is 1. The molecule has 0 amide bonds. The molecule has 2 aromatic rings. The second-order valence-electron chi connectivity index (χ2n) is 4.66. The maximum absolute atomic E-state index is 5.83. The topological polar surface area (TPSA) is 33.6 Å². The maximum atomic E-state index is 5.83. The molecule has 0 spiro atoms. The molecule has 1 aliphatic rings. The third-order valence-electron chi connectivity index (χ3n) is 3.28. The van der Waals surface area contributed by atoms with Crippen LogP contribution in [0.5, 0.6) is 5.75 Å². The first-order valence-corrected chi connectivity index (χ1v) is 6.83. The zero-order chi connectivity index (χ0) is 13.1. The van der Waals surface area contributed by atoms with E-state index >= 15 is 0 Å². The molecule has 0 aromatic heterocycles. The van der Waals surface area contributed by atoms with Gasteiger partial charge in [-0.25, -0.2) is 0 Å². The summed E-state index contributed by atoms with van der Waals surface area (Å²) in [6.07, 6.45) is 1.02. The van der Waals surface area contributed by atoms with Gasteiger partial charge in [0.05, 0.1) is 13.2 Å². The summed E-state index contributed by atoms with van der Waals surface area (Å²) in [4.78, 5) is 4.51. The van der Waals surface area contributed by atoms with E-state index in [4.69, 9.17) is 4.74 Å². The molecule has 1 heterocycles. The minimum absolute atomic E-state index is 0.753. The van der Waals surface area contributed by atoms with Crippen LogP contribution in [-0.2, 0) is 0 Å². The van der Waals surface area contributed by atoms with E-state index < -0.39 is 0 Å². The lowest BCUT2D eigenvalue weighted by Gasteiger charge is -2.12. The standard InChI is InChI=1S/C16H18N2O/c1-2-11-19-15-8-7-14(16-17-9-10-18-16)12-5-3-4-6-13(12)15/h3-8H,2,9-11H2,1H3,(H,17,18). The molecule has 3 rings (SSSR count). The van der Waals surface area contributed by atoms with E-state index in [9.17, 15) is 0 Å². The van der Waals surface area contributed by atoms with Crippen molar-refractivity contribution in [1.29, 1.82) is 0 Å². The lowest BCUT2D eigenvalue weighted by atomic mass is 10.0. The lowest BCUT2D eigenvalue weighted by Crippen LogP contribution is -2.19. The van der Waals surface area contributed by atoms with E-state index in [1.807, 2.05) is 0 Å². The number of hydrogen-bond donors (Lipinski definition) is 1. The summed E-state index contributed by atoms with van der Waals surface area (Å²) in [7, 11) is 0. The highest BCUT2D eigenvalue weighted by Crippen LogP contribution is 2.29. The normalized spacial score (nSPS) is 14.3. The Balaban J connectivity index is 2.10. The monoisotopic (exact) mass is 254 g/mol. The number of rotatable bonds is 4. The van der Waals surface area contributed by atoms with Crippen LogP contribution in [0.2, 0.25) is 0 Å². The van der Waals surface area contributed by atoms with Crippen LogP contribution in [-0.4, -0.2) is 25.5 Å². The largest absolute Gasteiger partial charge is 0.493 e. The number of nitrogens with zero attached hydrogens (tertiary/aromatic N) is 1. The highest BCUT2D eigenvalue weighted by atomic mass is 16.5. The first kappa shape index (κ1) is 12.0. The van der Waals surface area contributed by atoms with Crippen molar-refractivity contribution >= 4 is 16.6 Å². The quantitative estimate of drug-likeness (QED) is 0.910. The van der Waals surface area contributed by atoms with E-state index in [2.05, 4.69) is 53.6 Å². The summed E-state index contributed by atoms with van der Waals surface area (Å²) < 4.78 is 5.83. The van der Waals surface area contributed by atoms with Crippen LogP contribution in [0, 0.1) is 0 Å². The van der Waals surface area contributed by atoms with Crippen LogP contribution in [0.4, 0.5) is 0 Å². The van der Waals surface area contributed by atoms with Crippen LogP contribution >= 0.6 is 0 Å². The van der Waals surface area contributed by atoms with E-state index in [0.717, 1.165) is 48.7 Å². The molecule has 0 aliphatic carbocycles. The van der Waals surface area contributed by atoms with Crippen molar-refractivity contribution in [3.63, 3.8) is 0 Å². The van der Waals surface area contributed by atoms with Gasteiger partial charge in [0.2, 0.25) is 0 Å². The Bertz CT molecular complexity index is 619.